The zero-order valence-corrected chi connectivity index (χ0v) is 9.93. The first-order valence-electron chi connectivity index (χ1n) is 5.25. The summed E-state index contributed by atoms with van der Waals surface area (Å²) >= 11 is 0. The summed E-state index contributed by atoms with van der Waals surface area (Å²) in [6.45, 7) is 0.765. The molecule has 0 saturated carbocycles. The van der Waals surface area contributed by atoms with E-state index in [4.69, 9.17) is 4.55 Å². The lowest BCUT2D eigenvalue weighted by Crippen LogP contribution is -2.52. The third-order valence-corrected chi connectivity index (χ3v) is 3.60. The fraction of sp³-hybridized carbons (Fsp3) is 0.364. The Kier molecular flexibility index (Phi) is 3.17. The standard InChI is InChI=1S/C11H13NO4S/c13-11(10-4-2-1-3-5-10)12-6-9(7-12)8-17(14,15)16/h1-5,9H,6-8H2,(H,14,15,16). The number of carbonyl (C=O) groups is 1. The van der Waals surface area contributed by atoms with Crippen molar-refractivity contribution in [1.82, 2.24) is 4.90 Å². The second kappa shape index (κ2) is 4.46. The summed E-state index contributed by atoms with van der Waals surface area (Å²) in [6, 6.07) is 8.83. The highest BCUT2D eigenvalue weighted by atomic mass is 32.2. The number of likely N-dealkylation sites (tertiary alicyclic amines) is 1. The lowest BCUT2D eigenvalue weighted by Gasteiger charge is -2.38. The third-order valence-electron chi connectivity index (χ3n) is 2.71. The highest BCUT2D eigenvalue weighted by Gasteiger charge is 2.33. The van der Waals surface area contributed by atoms with Gasteiger partial charge in [-0.15, -0.1) is 0 Å². The predicted molar refractivity (Wildman–Crippen MR) is 62.3 cm³/mol. The molecule has 1 fully saturated rings. The zero-order valence-electron chi connectivity index (χ0n) is 9.11. The monoisotopic (exact) mass is 255 g/mol. The van der Waals surface area contributed by atoms with Crippen LogP contribution in [0.4, 0.5) is 0 Å². The van der Waals surface area contributed by atoms with Crippen molar-refractivity contribution in [3.8, 4) is 0 Å². The maximum Gasteiger partial charge on any atom is 0.265 e. The van der Waals surface area contributed by atoms with Crippen LogP contribution in [-0.2, 0) is 10.1 Å². The van der Waals surface area contributed by atoms with Crippen LogP contribution in [0.25, 0.3) is 0 Å². The molecule has 92 valence electrons. The minimum atomic E-state index is -3.94. The van der Waals surface area contributed by atoms with Crippen LogP contribution in [0, 0.1) is 5.92 Å². The Morgan fingerprint density at radius 3 is 2.41 bits per heavy atom. The average Bonchev–Trinajstić information content (AvgIpc) is 2.22. The SMILES string of the molecule is O=C(c1ccccc1)N1CC(CS(=O)(=O)O)C1. The van der Waals surface area contributed by atoms with Gasteiger partial charge in [0.15, 0.2) is 0 Å². The second-order valence-corrected chi connectivity index (χ2v) is 5.69. The molecular formula is C11H13NO4S. The first-order valence-corrected chi connectivity index (χ1v) is 6.86. The van der Waals surface area contributed by atoms with E-state index in [0.717, 1.165) is 0 Å². The third kappa shape index (κ3) is 3.04. The fourth-order valence-electron chi connectivity index (χ4n) is 1.90. The largest absolute Gasteiger partial charge is 0.338 e. The lowest BCUT2D eigenvalue weighted by atomic mass is 10.0. The van der Waals surface area contributed by atoms with Gasteiger partial charge in [-0.05, 0) is 12.1 Å². The van der Waals surface area contributed by atoms with Gasteiger partial charge in [0, 0.05) is 24.6 Å². The van der Waals surface area contributed by atoms with E-state index < -0.39 is 10.1 Å². The van der Waals surface area contributed by atoms with Crippen LogP contribution >= 0.6 is 0 Å². The van der Waals surface area contributed by atoms with E-state index in [-0.39, 0.29) is 17.6 Å². The van der Waals surface area contributed by atoms with Crippen molar-refractivity contribution in [2.24, 2.45) is 5.92 Å². The molecule has 1 aliphatic heterocycles. The van der Waals surface area contributed by atoms with Gasteiger partial charge < -0.3 is 4.90 Å². The van der Waals surface area contributed by atoms with Gasteiger partial charge in [-0.1, -0.05) is 18.2 Å². The van der Waals surface area contributed by atoms with Crippen molar-refractivity contribution in [3.05, 3.63) is 35.9 Å². The molecule has 1 saturated heterocycles. The van der Waals surface area contributed by atoms with E-state index >= 15 is 0 Å². The Morgan fingerprint density at radius 1 is 1.29 bits per heavy atom. The molecule has 0 atom stereocenters. The summed E-state index contributed by atoms with van der Waals surface area (Å²) < 4.78 is 29.9. The van der Waals surface area contributed by atoms with E-state index in [2.05, 4.69) is 0 Å². The molecule has 1 aromatic carbocycles. The molecule has 6 heteroatoms. The molecular weight excluding hydrogens is 242 g/mol. The molecule has 0 radical (unpaired) electrons. The predicted octanol–water partition coefficient (Wildman–Crippen LogP) is 0.646. The minimum Gasteiger partial charge on any atom is -0.338 e. The summed E-state index contributed by atoms with van der Waals surface area (Å²) in [7, 11) is -3.94. The van der Waals surface area contributed by atoms with Gasteiger partial charge in [0.25, 0.3) is 16.0 Å². The molecule has 17 heavy (non-hydrogen) atoms. The van der Waals surface area contributed by atoms with Crippen molar-refractivity contribution < 1.29 is 17.8 Å². The lowest BCUT2D eigenvalue weighted by molar-refractivity contribution is 0.0532. The Morgan fingerprint density at radius 2 is 1.88 bits per heavy atom. The Bertz CT molecular complexity index is 506. The van der Waals surface area contributed by atoms with Gasteiger partial charge in [0.1, 0.15) is 0 Å². The number of amides is 1. The molecule has 1 aromatic rings. The molecule has 0 aromatic heterocycles. The van der Waals surface area contributed by atoms with Crippen LogP contribution in [-0.4, -0.2) is 42.6 Å². The molecule has 0 spiro atoms. The first-order chi connectivity index (χ1) is 7.96. The number of benzene rings is 1. The Labute approximate surface area is 99.8 Å². The second-order valence-electron chi connectivity index (χ2n) is 4.19. The van der Waals surface area contributed by atoms with Crippen molar-refractivity contribution in [3.63, 3.8) is 0 Å². The number of hydrogen-bond donors (Lipinski definition) is 1. The summed E-state index contributed by atoms with van der Waals surface area (Å²) in [5, 5.41) is 0. The molecule has 1 heterocycles. The molecule has 0 aliphatic carbocycles. The van der Waals surface area contributed by atoms with Crippen molar-refractivity contribution in [2.75, 3.05) is 18.8 Å². The van der Waals surface area contributed by atoms with Gasteiger partial charge >= 0.3 is 0 Å². The molecule has 5 nitrogen and oxygen atoms in total. The summed E-state index contributed by atoms with van der Waals surface area (Å²) in [4.78, 5) is 13.4. The number of rotatable bonds is 3. The molecule has 2 rings (SSSR count). The van der Waals surface area contributed by atoms with E-state index in [0.29, 0.717) is 18.7 Å². The van der Waals surface area contributed by atoms with E-state index in [1.165, 1.54) is 0 Å². The number of nitrogens with zero attached hydrogens (tertiary/aromatic N) is 1. The van der Waals surface area contributed by atoms with Gasteiger partial charge in [-0.2, -0.15) is 8.42 Å². The Hall–Kier alpha value is -1.40. The highest BCUT2D eigenvalue weighted by molar-refractivity contribution is 7.85. The average molecular weight is 255 g/mol. The molecule has 0 bridgehead atoms. The topological polar surface area (TPSA) is 74.7 Å². The van der Waals surface area contributed by atoms with Crippen LogP contribution < -0.4 is 0 Å². The van der Waals surface area contributed by atoms with Crippen LogP contribution in [0.5, 0.6) is 0 Å². The van der Waals surface area contributed by atoms with Crippen LogP contribution in [0.3, 0.4) is 0 Å². The van der Waals surface area contributed by atoms with E-state index in [1.54, 1.807) is 29.2 Å². The van der Waals surface area contributed by atoms with Crippen molar-refractivity contribution in [2.45, 2.75) is 0 Å². The summed E-state index contributed by atoms with van der Waals surface area (Å²) in [6.07, 6.45) is 0. The van der Waals surface area contributed by atoms with Gasteiger partial charge in [0.2, 0.25) is 0 Å². The molecule has 1 N–H and O–H groups in total. The fourth-order valence-corrected chi connectivity index (χ4v) is 2.71. The van der Waals surface area contributed by atoms with E-state index in [9.17, 15) is 13.2 Å². The van der Waals surface area contributed by atoms with Gasteiger partial charge in [-0.25, -0.2) is 0 Å². The first kappa shape index (κ1) is 12.1. The molecule has 1 aliphatic rings. The van der Waals surface area contributed by atoms with Crippen LogP contribution in [0.1, 0.15) is 10.4 Å². The quantitative estimate of drug-likeness (QED) is 0.805. The number of hydrogen-bond acceptors (Lipinski definition) is 3. The van der Waals surface area contributed by atoms with Crippen LogP contribution in [0.15, 0.2) is 30.3 Å². The van der Waals surface area contributed by atoms with Gasteiger partial charge in [-0.3, -0.25) is 9.35 Å². The van der Waals surface area contributed by atoms with Crippen LogP contribution in [0.2, 0.25) is 0 Å². The van der Waals surface area contributed by atoms with E-state index in [1.807, 2.05) is 6.07 Å². The summed E-state index contributed by atoms with van der Waals surface area (Å²) in [5.74, 6) is -0.527. The minimum absolute atomic E-state index is 0.0998. The maximum atomic E-state index is 11.9. The van der Waals surface area contributed by atoms with Crippen molar-refractivity contribution >= 4 is 16.0 Å². The summed E-state index contributed by atoms with van der Waals surface area (Å²) in [5.41, 5.74) is 0.595. The van der Waals surface area contributed by atoms with Gasteiger partial charge in [0.05, 0.1) is 5.75 Å². The highest BCUT2D eigenvalue weighted by Crippen LogP contribution is 2.19. The molecule has 0 unspecified atom stereocenters. The van der Waals surface area contributed by atoms with Crippen molar-refractivity contribution in [1.29, 1.82) is 0 Å². The maximum absolute atomic E-state index is 11.9. The molecule has 1 amide bonds. The normalized spacial score (nSPS) is 16.6. The smallest absolute Gasteiger partial charge is 0.265 e. The Balaban J connectivity index is 1.90. The zero-order chi connectivity index (χ0) is 12.5. The number of carbonyl (C=O) groups excluding carboxylic acids is 1.